The molecule has 3 rings (SSSR count). The van der Waals surface area contributed by atoms with Gasteiger partial charge in [-0.15, -0.1) is 0 Å². The molecule has 3 nitrogen and oxygen atoms in total. The van der Waals surface area contributed by atoms with E-state index in [9.17, 15) is 0 Å². The van der Waals surface area contributed by atoms with Gasteiger partial charge in [-0.1, -0.05) is 48.5 Å². The topological polar surface area (TPSA) is 21.7 Å². The van der Waals surface area contributed by atoms with E-state index < -0.39 is 0 Å². The molecule has 0 radical (unpaired) electrons. The second-order valence-corrected chi connectivity index (χ2v) is 5.43. The normalized spacial score (nSPS) is 20.9. The first-order valence-electron chi connectivity index (χ1n) is 7.40. The lowest BCUT2D eigenvalue weighted by atomic mass is 10.0. The molecule has 2 aromatic carbocycles. The summed E-state index contributed by atoms with van der Waals surface area (Å²) in [7, 11) is 2.13. The Balaban J connectivity index is 1.84. The molecule has 2 atom stereocenters. The van der Waals surface area contributed by atoms with Gasteiger partial charge in [-0.05, 0) is 24.7 Å². The smallest absolute Gasteiger partial charge is 0.151 e. The molecule has 0 N–H and O–H groups in total. The Morgan fingerprint density at radius 2 is 1.71 bits per heavy atom. The number of rotatable bonds is 4. The summed E-state index contributed by atoms with van der Waals surface area (Å²) >= 11 is 0. The van der Waals surface area contributed by atoms with Gasteiger partial charge in [0.05, 0.1) is 6.61 Å². The largest absolute Gasteiger partial charge is 0.483 e. The predicted molar refractivity (Wildman–Crippen MR) is 83.5 cm³/mol. The molecule has 2 unspecified atom stereocenters. The van der Waals surface area contributed by atoms with Gasteiger partial charge in [-0.25, -0.2) is 0 Å². The van der Waals surface area contributed by atoms with E-state index in [4.69, 9.17) is 9.47 Å². The molecule has 1 heterocycles. The van der Waals surface area contributed by atoms with Gasteiger partial charge in [-0.2, -0.15) is 0 Å². The molecule has 1 saturated heterocycles. The molecule has 110 valence electrons. The standard InChI is InChI=1S/C18H21NO2/c1-19-12-13-20-17(14-19)18(15-8-4-2-5-9-15)21-16-10-6-3-7-11-16/h2-11,17-18H,12-14H2,1H3. The van der Waals surface area contributed by atoms with Crippen LogP contribution in [0.25, 0.3) is 0 Å². The van der Waals surface area contributed by atoms with Crippen molar-refractivity contribution in [2.24, 2.45) is 0 Å². The highest BCUT2D eigenvalue weighted by Gasteiger charge is 2.29. The summed E-state index contributed by atoms with van der Waals surface area (Å²) in [6.07, 6.45) is -0.0392. The van der Waals surface area contributed by atoms with Crippen LogP contribution < -0.4 is 4.74 Å². The third-order valence-electron chi connectivity index (χ3n) is 3.77. The van der Waals surface area contributed by atoms with E-state index in [-0.39, 0.29) is 12.2 Å². The van der Waals surface area contributed by atoms with Crippen LogP contribution in [0.5, 0.6) is 5.75 Å². The zero-order valence-electron chi connectivity index (χ0n) is 12.3. The fraction of sp³-hybridized carbons (Fsp3) is 0.333. The quantitative estimate of drug-likeness (QED) is 0.860. The first-order valence-corrected chi connectivity index (χ1v) is 7.40. The second-order valence-electron chi connectivity index (χ2n) is 5.43. The highest BCUT2D eigenvalue weighted by molar-refractivity contribution is 5.25. The van der Waals surface area contributed by atoms with Crippen molar-refractivity contribution < 1.29 is 9.47 Å². The molecule has 1 fully saturated rings. The molecule has 0 bridgehead atoms. The molecule has 21 heavy (non-hydrogen) atoms. The van der Waals surface area contributed by atoms with Crippen LogP contribution in [0.15, 0.2) is 60.7 Å². The zero-order valence-corrected chi connectivity index (χ0v) is 12.3. The molecule has 3 heteroatoms. The fourth-order valence-electron chi connectivity index (χ4n) is 2.64. The summed E-state index contributed by atoms with van der Waals surface area (Å²) in [5.41, 5.74) is 1.15. The van der Waals surface area contributed by atoms with Crippen LogP contribution in [0.3, 0.4) is 0 Å². The number of morpholine rings is 1. The maximum absolute atomic E-state index is 6.24. The second kappa shape index (κ2) is 6.74. The molecule has 0 aromatic heterocycles. The summed E-state index contributed by atoms with van der Waals surface area (Å²) in [6, 6.07) is 20.3. The van der Waals surface area contributed by atoms with Crippen LogP contribution in [0.1, 0.15) is 11.7 Å². The Morgan fingerprint density at radius 1 is 1.05 bits per heavy atom. The van der Waals surface area contributed by atoms with Crippen LogP contribution in [0, 0.1) is 0 Å². The predicted octanol–water partition coefficient (Wildman–Crippen LogP) is 3.14. The monoisotopic (exact) mass is 283 g/mol. The summed E-state index contributed by atoms with van der Waals surface area (Å²) in [6.45, 7) is 2.61. The van der Waals surface area contributed by atoms with Crippen molar-refractivity contribution in [3.8, 4) is 5.75 Å². The summed E-state index contributed by atoms with van der Waals surface area (Å²) in [4.78, 5) is 2.29. The lowest BCUT2D eigenvalue weighted by Crippen LogP contribution is -2.44. The van der Waals surface area contributed by atoms with E-state index in [1.54, 1.807) is 0 Å². The number of likely N-dealkylation sites (N-methyl/N-ethyl adjacent to an activating group) is 1. The van der Waals surface area contributed by atoms with Gasteiger partial charge in [0.15, 0.2) is 6.10 Å². The van der Waals surface area contributed by atoms with Crippen molar-refractivity contribution >= 4 is 0 Å². The Labute approximate surface area is 126 Å². The Bertz CT molecular complexity index is 544. The van der Waals surface area contributed by atoms with Crippen molar-refractivity contribution in [3.05, 3.63) is 66.2 Å². The number of hydrogen-bond donors (Lipinski definition) is 0. The maximum Gasteiger partial charge on any atom is 0.151 e. The molecule has 2 aromatic rings. The van der Waals surface area contributed by atoms with Crippen molar-refractivity contribution in [1.29, 1.82) is 0 Å². The van der Waals surface area contributed by atoms with Gasteiger partial charge in [-0.3, -0.25) is 0 Å². The molecule has 0 saturated carbocycles. The van der Waals surface area contributed by atoms with E-state index in [1.807, 2.05) is 48.5 Å². The Kier molecular flexibility index (Phi) is 4.53. The number of ether oxygens (including phenoxy) is 2. The van der Waals surface area contributed by atoms with Gasteiger partial charge in [0.25, 0.3) is 0 Å². The summed E-state index contributed by atoms with van der Waals surface area (Å²) in [5, 5.41) is 0. The first-order chi connectivity index (χ1) is 10.3. The van der Waals surface area contributed by atoms with Crippen LogP contribution in [-0.2, 0) is 4.74 Å². The van der Waals surface area contributed by atoms with E-state index >= 15 is 0 Å². The van der Waals surface area contributed by atoms with E-state index in [0.717, 1.165) is 31.0 Å². The minimum absolute atomic E-state index is 0.0476. The SMILES string of the molecule is CN1CCOC(C(Oc2ccccc2)c2ccccc2)C1. The first kappa shape index (κ1) is 14.1. The maximum atomic E-state index is 6.24. The van der Waals surface area contributed by atoms with Gasteiger partial charge in [0, 0.05) is 13.1 Å². The average Bonchev–Trinajstić information content (AvgIpc) is 2.54. The molecule has 1 aliphatic rings. The van der Waals surface area contributed by atoms with Crippen molar-refractivity contribution in [1.82, 2.24) is 4.90 Å². The zero-order chi connectivity index (χ0) is 14.5. The summed E-state index contributed by atoms with van der Waals surface area (Å²) in [5.74, 6) is 0.878. The number of hydrogen-bond acceptors (Lipinski definition) is 3. The number of para-hydroxylation sites is 1. The minimum atomic E-state index is -0.0867. The minimum Gasteiger partial charge on any atom is -0.483 e. The molecular formula is C18H21NO2. The van der Waals surface area contributed by atoms with Gasteiger partial charge >= 0.3 is 0 Å². The van der Waals surface area contributed by atoms with Gasteiger partial charge in [0.1, 0.15) is 11.9 Å². The van der Waals surface area contributed by atoms with E-state index in [0.29, 0.717) is 0 Å². The Hall–Kier alpha value is -1.84. The van der Waals surface area contributed by atoms with Gasteiger partial charge < -0.3 is 14.4 Å². The highest BCUT2D eigenvalue weighted by Crippen LogP contribution is 2.28. The number of benzene rings is 2. The molecule has 0 spiro atoms. The van der Waals surface area contributed by atoms with E-state index in [1.165, 1.54) is 0 Å². The van der Waals surface area contributed by atoms with Crippen LogP contribution >= 0.6 is 0 Å². The molecular weight excluding hydrogens is 262 g/mol. The van der Waals surface area contributed by atoms with Crippen molar-refractivity contribution in [3.63, 3.8) is 0 Å². The lowest BCUT2D eigenvalue weighted by molar-refractivity contribution is -0.0759. The van der Waals surface area contributed by atoms with Crippen molar-refractivity contribution in [2.75, 3.05) is 26.7 Å². The Morgan fingerprint density at radius 3 is 2.38 bits per heavy atom. The van der Waals surface area contributed by atoms with Crippen LogP contribution in [-0.4, -0.2) is 37.7 Å². The van der Waals surface area contributed by atoms with E-state index in [2.05, 4.69) is 24.1 Å². The highest BCUT2D eigenvalue weighted by atomic mass is 16.5. The number of nitrogens with zero attached hydrogens (tertiary/aromatic N) is 1. The third-order valence-corrected chi connectivity index (χ3v) is 3.77. The molecule has 0 aliphatic carbocycles. The van der Waals surface area contributed by atoms with Crippen molar-refractivity contribution in [2.45, 2.75) is 12.2 Å². The van der Waals surface area contributed by atoms with Crippen LogP contribution in [0.4, 0.5) is 0 Å². The lowest BCUT2D eigenvalue weighted by Gasteiger charge is -2.35. The average molecular weight is 283 g/mol. The van der Waals surface area contributed by atoms with Crippen LogP contribution in [0.2, 0.25) is 0 Å². The molecule has 1 aliphatic heterocycles. The summed E-state index contributed by atoms with van der Waals surface area (Å²) < 4.78 is 12.2. The fourth-order valence-corrected chi connectivity index (χ4v) is 2.64. The molecule has 0 amide bonds. The van der Waals surface area contributed by atoms with Gasteiger partial charge in [0.2, 0.25) is 0 Å². The third kappa shape index (κ3) is 3.63.